The summed E-state index contributed by atoms with van der Waals surface area (Å²) < 4.78 is 24.5. The maximum Gasteiger partial charge on any atom is 0.128 e. The van der Waals surface area contributed by atoms with E-state index in [1.165, 1.54) is 6.07 Å². The number of nitrogens with two attached hydrogens (primary N) is 1. The van der Waals surface area contributed by atoms with Gasteiger partial charge in [-0.15, -0.1) is 0 Å². The molecule has 4 nitrogen and oxygen atoms in total. The van der Waals surface area contributed by atoms with Gasteiger partial charge in [0.1, 0.15) is 17.3 Å². The van der Waals surface area contributed by atoms with Gasteiger partial charge in [-0.2, -0.15) is 0 Å². The number of rotatable bonds is 5. The van der Waals surface area contributed by atoms with Gasteiger partial charge in [0.25, 0.3) is 0 Å². The average Bonchev–Trinajstić information content (AvgIpc) is 2.49. The highest BCUT2D eigenvalue weighted by atomic mass is 19.1. The predicted molar refractivity (Wildman–Crippen MR) is 75.1 cm³/mol. The van der Waals surface area contributed by atoms with Crippen LogP contribution in [-0.2, 0) is 0 Å². The van der Waals surface area contributed by atoms with Crippen LogP contribution in [0.2, 0.25) is 0 Å². The Kier molecular flexibility index (Phi) is 4.55. The van der Waals surface area contributed by atoms with Crippen LogP contribution in [0, 0.1) is 5.82 Å². The second-order valence-corrected chi connectivity index (χ2v) is 4.23. The molecule has 0 saturated heterocycles. The highest BCUT2D eigenvalue weighted by Crippen LogP contribution is 2.33. The van der Waals surface area contributed by atoms with Gasteiger partial charge in [0.05, 0.1) is 20.3 Å². The second kappa shape index (κ2) is 6.36. The Morgan fingerprint density at radius 3 is 2.40 bits per heavy atom. The fourth-order valence-electron chi connectivity index (χ4n) is 2.12. The topological polar surface area (TPSA) is 56.5 Å². The van der Waals surface area contributed by atoms with Crippen LogP contribution < -0.4 is 20.7 Å². The third-order valence-corrected chi connectivity index (χ3v) is 3.13. The summed E-state index contributed by atoms with van der Waals surface area (Å²) in [6.07, 6.45) is 0. The minimum atomic E-state index is -0.527. The van der Waals surface area contributed by atoms with E-state index in [2.05, 4.69) is 5.43 Å². The molecule has 0 spiro atoms. The molecule has 2 aromatic rings. The van der Waals surface area contributed by atoms with E-state index in [0.717, 1.165) is 0 Å². The Hall–Kier alpha value is -2.11. The van der Waals surface area contributed by atoms with E-state index in [4.69, 9.17) is 15.3 Å². The molecule has 2 aromatic carbocycles. The molecule has 0 heterocycles. The molecule has 2 rings (SSSR count). The van der Waals surface area contributed by atoms with Crippen molar-refractivity contribution in [3.8, 4) is 11.5 Å². The summed E-state index contributed by atoms with van der Waals surface area (Å²) in [5.74, 6) is 6.53. The van der Waals surface area contributed by atoms with Crippen LogP contribution in [0.25, 0.3) is 0 Å². The first-order chi connectivity index (χ1) is 9.71. The van der Waals surface area contributed by atoms with E-state index in [9.17, 15) is 4.39 Å². The Labute approximate surface area is 117 Å². The van der Waals surface area contributed by atoms with Crippen LogP contribution in [0.3, 0.4) is 0 Å². The molecule has 3 N–H and O–H groups in total. The fourth-order valence-corrected chi connectivity index (χ4v) is 2.12. The van der Waals surface area contributed by atoms with Crippen molar-refractivity contribution in [2.24, 2.45) is 5.84 Å². The van der Waals surface area contributed by atoms with Crippen LogP contribution in [-0.4, -0.2) is 14.2 Å². The van der Waals surface area contributed by atoms with Gasteiger partial charge >= 0.3 is 0 Å². The van der Waals surface area contributed by atoms with Crippen LogP contribution in [0.15, 0.2) is 42.5 Å². The SMILES string of the molecule is COc1ccc(OC)c(C(NN)c2ccccc2F)c1. The van der Waals surface area contributed by atoms with Crippen LogP contribution >= 0.6 is 0 Å². The first kappa shape index (κ1) is 14.3. The molecule has 0 aliphatic rings. The minimum absolute atomic E-state index is 0.333. The molecule has 0 bridgehead atoms. The molecule has 20 heavy (non-hydrogen) atoms. The summed E-state index contributed by atoms with van der Waals surface area (Å²) in [5, 5.41) is 0. The summed E-state index contributed by atoms with van der Waals surface area (Å²) in [6.45, 7) is 0. The van der Waals surface area contributed by atoms with E-state index in [-0.39, 0.29) is 5.82 Å². The molecule has 0 saturated carbocycles. The molecule has 0 aliphatic carbocycles. The lowest BCUT2D eigenvalue weighted by Gasteiger charge is -2.20. The number of benzene rings is 2. The third-order valence-electron chi connectivity index (χ3n) is 3.13. The van der Waals surface area contributed by atoms with Crippen molar-refractivity contribution in [1.29, 1.82) is 0 Å². The van der Waals surface area contributed by atoms with Crippen LogP contribution in [0.4, 0.5) is 4.39 Å². The Morgan fingerprint density at radius 2 is 1.80 bits per heavy atom. The Morgan fingerprint density at radius 1 is 1.05 bits per heavy atom. The highest BCUT2D eigenvalue weighted by Gasteiger charge is 2.20. The minimum Gasteiger partial charge on any atom is -0.497 e. The number of nitrogens with one attached hydrogen (secondary N) is 1. The summed E-state index contributed by atoms with van der Waals surface area (Å²) in [6, 6.07) is 11.3. The number of hydrogen-bond acceptors (Lipinski definition) is 4. The molecule has 0 radical (unpaired) electrons. The lowest BCUT2D eigenvalue weighted by Crippen LogP contribution is -2.29. The van der Waals surface area contributed by atoms with Crippen molar-refractivity contribution in [1.82, 2.24) is 5.43 Å². The second-order valence-electron chi connectivity index (χ2n) is 4.23. The zero-order valence-electron chi connectivity index (χ0n) is 11.4. The van der Waals surface area contributed by atoms with Crippen molar-refractivity contribution in [3.63, 3.8) is 0 Å². The molecule has 1 atom stereocenters. The van der Waals surface area contributed by atoms with Crippen LogP contribution in [0.5, 0.6) is 11.5 Å². The van der Waals surface area contributed by atoms with Gasteiger partial charge in [-0.05, 0) is 24.3 Å². The quantitative estimate of drug-likeness (QED) is 0.650. The van der Waals surface area contributed by atoms with Crippen molar-refractivity contribution in [3.05, 3.63) is 59.4 Å². The first-order valence-corrected chi connectivity index (χ1v) is 6.13. The number of ether oxygens (including phenoxy) is 2. The molecule has 0 aromatic heterocycles. The number of methoxy groups -OCH3 is 2. The predicted octanol–water partition coefficient (Wildman–Crippen LogP) is 2.40. The van der Waals surface area contributed by atoms with E-state index in [0.29, 0.717) is 22.6 Å². The molecule has 0 aliphatic heterocycles. The van der Waals surface area contributed by atoms with Gasteiger partial charge in [-0.3, -0.25) is 5.84 Å². The molecular weight excluding hydrogens is 259 g/mol. The largest absolute Gasteiger partial charge is 0.497 e. The van der Waals surface area contributed by atoms with Crippen molar-refractivity contribution in [2.75, 3.05) is 14.2 Å². The Balaban J connectivity index is 2.54. The van der Waals surface area contributed by atoms with E-state index >= 15 is 0 Å². The fraction of sp³-hybridized carbons (Fsp3) is 0.200. The van der Waals surface area contributed by atoms with E-state index in [1.54, 1.807) is 50.6 Å². The summed E-state index contributed by atoms with van der Waals surface area (Å²) in [7, 11) is 3.12. The number of hydrogen-bond donors (Lipinski definition) is 2. The number of halogens is 1. The van der Waals surface area contributed by atoms with E-state index < -0.39 is 6.04 Å². The molecule has 0 amide bonds. The zero-order valence-corrected chi connectivity index (χ0v) is 11.4. The average molecular weight is 276 g/mol. The summed E-state index contributed by atoms with van der Waals surface area (Å²) >= 11 is 0. The van der Waals surface area contributed by atoms with Gasteiger partial charge in [-0.1, -0.05) is 18.2 Å². The third kappa shape index (κ3) is 2.74. The first-order valence-electron chi connectivity index (χ1n) is 6.13. The van der Waals surface area contributed by atoms with Gasteiger partial charge in [0, 0.05) is 11.1 Å². The van der Waals surface area contributed by atoms with Crippen LogP contribution in [0.1, 0.15) is 17.2 Å². The van der Waals surface area contributed by atoms with Gasteiger partial charge in [0.15, 0.2) is 0 Å². The van der Waals surface area contributed by atoms with Crippen molar-refractivity contribution < 1.29 is 13.9 Å². The lowest BCUT2D eigenvalue weighted by molar-refractivity contribution is 0.393. The number of hydrazine groups is 1. The maximum absolute atomic E-state index is 14.0. The molecule has 1 unspecified atom stereocenters. The van der Waals surface area contributed by atoms with Gasteiger partial charge in [-0.25, -0.2) is 9.82 Å². The molecule has 0 fully saturated rings. The van der Waals surface area contributed by atoms with Gasteiger partial charge < -0.3 is 9.47 Å². The lowest BCUT2D eigenvalue weighted by atomic mass is 9.97. The zero-order chi connectivity index (χ0) is 14.5. The summed E-state index contributed by atoms with van der Waals surface area (Å²) in [4.78, 5) is 0. The Bertz CT molecular complexity index is 590. The summed E-state index contributed by atoms with van der Waals surface area (Å²) in [5.41, 5.74) is 3.78. The maximum atomic E-state index is 14.0. The molecular formula is C15H17FN2O2. The van der Waals surface area contributed by atoms with E-state index in [1.807, 2.05) is 0 Å². The van der Waals surface area contributed by atoms with Crippen molar-refractivity contribution >= 4 is 0 Å². The van der Waals surface area contributed by atoms with Crippen molar-refractivity contribution in [2.45, 2.75) is 6.04 Å². The van der Waals surface area contributed by atoms with Gasteiger partial charge in [0.2, 0.25) is 0 Å². The molecule has 5 heteroatoms. The standard InChI is InChI=1S/C15H17FN2O2/c1-19-10-7-8-14(20-2)12(9-10)15(18-17)11-5-3-4-6-13(11)16/h3-9,15,18H,17H2,1-2H3. The monoisotopic (exact) mass is 276 g/mol. The normalized spacial score (nSPS) is 12.0. The highest BCUT2D eigenvalue weighted by molar-refractivity contribution is 5.46. The molecule has 106 valence electrons. The smallest absolute Gasteiger partial charge is 0.128 e.